The number of aliphatic carboxylic acids is 1. The van der Waals surface area contributed by atoms with Gasteiger partial charge in [0.25, 0.3) is 0 Å². The van der Waals surface area contributed by atoms with Crippen molar-refractivity contribution in [2.45, 2.75) is 31.8 Å². The molecular weight excluding hydrogens is 240 g/mol. The van der Waals surface area contributed by atoms with E-state index in [4.69, 9.17) is 5.11 Å². The van der Waals surface area contributed by atoms with Gasteiger partial charge in [0.15, 0.2) is 0 Å². The van der Waals surface area contributed by atoms with E-state index < -0.39 is 12.0 Å². The first kappa shape index (κ1) is 12.5. The van der Waals surface area contributed by atoms with Gasteiger partial charge in [0.2, 0.25) is 0 Å². The van der Waals surface area contributed by atoms with Crippen LogP contribution in [0.25, 0.3) is 0 Å². The number of urea groups is 1. The number of nitrogens with zero attached hydrogens (tertiary/aromatic N) is 2. The zero-order valence-electron chi connectivity index (χ0n) is 9.96. The Bertz CT molecular complexity index is 320. The van der Waals surface area contributed by atoms with Gasteiger partial charge >= 0.3 is 12.0 Å². The maximum Gasteiger partial charge on any atom is 0.327 e. The number of thioether (sulfide) groups is 1. The molecule has 5 nitrogen and oxygen atoms in total. The summed E-state index contributed by atoms with van der Waals surface area (Å²) in [5.41, 5.74) is 0. The zero-order chi connectivity index (χ0) is 12.4. The third-order valence-electron chi connectivity index (χ3n) is 3.23. The van der Waals surface area contributed by atoms with E-state index in [0.717, 1.165) is 18.6 Å². The normalized spacial score (nSPS) is 24.5. The minimum Gasteiger partial charge on any atom is -0.480 e. The maximum atomic E-state index is 12.3. The summed E-state index contributed by atoms with van der Waals surface area (Å²) in [4.78, 5) is 26.8. The lowest BCUT2D eigenvalue weighted by molar-refractivity contribution is -0.141. The van der Waals surface area contributed by atoms with Crippen LogP contribution in [-0.2, 0) is 4.79 Å². The Labute approximate surface area is 105 Å². The highest BCUT2D eigenvalue weighted by Gasteiger charge is 2.39. The SMILES string of the molecule is CCN(C(=O)N1CCSCC1C(=O)O)C1CC1. The quantitative estimate of drug-likeness (QED) is 0.823. The number of rotatable bonds is 3. The molecule has 6 heteroatoms. The van der Waals surface area contributed by atoms with Crippen LogP contribution in [0.15, 0.2) is 0 Å². The van der Waals surface area contributed by atoms with Gasteiger partial charge in [-0.2, -0.15) is 11.8 Å². The topological polar surface area (TPSA) is 60.9 Å². The van der Waals surface area contributed by atoms with Gasteiger partial charge in [-0.25, -0.2) is 9.59 Å². The van der Waals surface area contributed by atoms with Crippen LogP contribution < -0.4 is 0 Å². The van der Waals surface area contributed by atoms with Crippen molar-refractivity contribution in [1.82, 2.24) is 9.80 Å². The van der Waals surface area contributed by atoms with Gasteiger partial charge < -0.3 is 14.9 Å². The Kier molecular flexibility index (Phi) is 3.81. The van der Waals surface area contributed by atoms with Crippen molar-refractivity contribution in [2.75, 3.05) is 24.6 Å². The Morgan fingerprint density at radius 1 is 1.47 bits per heavy atom. The van der Waals surface area contributed by atoms with E-state index in [2.05, 4.69) is 0 Å². The Hall–Kier alpha value is -0.910. The summed E-state index contributed by atoms with van der Waals surface area (Å²) in [7, 11) is 0. The average molecular weight is 258 g/mol. The molecule has 0 aromatic carbocycles. The van der Waals surface area contributed by atoms with Gasteiger partial charge in [0.05, 0.1) is 0 Å². The number of carbonyl (C=O) groups is 2. The fourth-order valence-corrected chi connectivity index (χ4v) is 3.18. The Morgan fingerprint density at radius 2 is 2.18 bits per heavy atom. The molecule has 1 unspecified atom stereocenters. The molecule has 0 spiro atoms. The number of carboxylic acids is 1. The number of hydrogen-bond donors (Lipinski definition) is 1. The van der Waals surface area contributed by atoms with Crippen molar-refractivity contribution in [3.63, 3.8) is 0 Å². The highest BCUT2D eigenvalue weighted by molar-refractivity contribution is 7.99. The van der Waals surface area contributed by atoms with E-state index in [1.807, 2.05) is 11.8 Å². The predicted molar refractivity (Wildman–Crippen MR) is 66.3 cm³/mol. The molecule has 1 saturated heterocycles. The first-order valence-electron chi connectivity index (χ1n) is 6.03. The second-order valence-electron chi connectivity index (χ2n) is 4.42. The van der Waals surface area contributed by atoms with E-state index in [0.29, 0.717) is 24.9 Å². The maximum absolute atomic E-state index is 12.3. The van der Waals surface area contributed by atoms with Crippen LogP contribution in [0.2, 0.25) is 0 Å². The first-order valence-corrected chi connectivity index (χ1v) is 7.18. The van der Waals surface area contributed by atoms with Gasteiger partial charge in [0, 0.05) is 30.6 Å². The van der Waals surface area contributed by atoms with Crippen LogP contribution in [0.5, 0.6) is 0 Å². The molecule has 2 rings (SSSR count). The molecule has 1 aliphatic carbocycles. The highest BCUT2D eigenvalue weighted by Crippen LogP contribution is 2.29. The molecule has 1 atom stereocenters. The summed E-state index contributed by atoms with van der Waals surface area (Å²) >= 11 is 1.60. The molecule has 0 aromatic heterocycles. The summed E-state index contributed by atoms with van der Waals surface area (Å²) in [6.07, 6.45) is 2.11. The summed E-state index contributed by atoms with van der Waals surface area (Å²) < 4.78 is 0. The van der Waals surface area contributed by atoms with Crippen LogP contribution in [0.1, 0.15) is 19.8 Å². The lowest BCUT2D eigenvalue weighted by atomic mass is 10.3. The summed E-state index contributed by atoms with van der Waals surface area (Å²) in [6.45, 7) is 3.16. The fourth-order valence-electron chi connectivity index (χ4n) is 2.14. The first-order chi connectivity index (χ1) is 8.15. The van der Waals surface area contributed by atoms with Crippen LogP contribution in [0, 0.1) is 0 Å². The van der Waals surface area contributed by atoms with Gasteiger partial charge in [-0.05, 0) is 19.8 Å². The number of hydrogen-bond acceptors (Lipinski definition) is 3. The third kappa shape index (κ3) is 2.68. The molecule has 96 valence electrons. The Balaban J connectivity index is 2.06. The summed E-state index contributed by atoms with van der Waals surface area (Å²) in [6, 6.07) is -0.409. The summed E-state index contributed by atoms with van der Waals surface area (Å²) in [5.74, 6) is 0.443. The molecule has 1 saturated carbocycles. The number of amides is 2. The molecule has 17 heavy (non-hydrogen) atoms. The molecule has 0 radical (unpaired) electrons. The zero-order valence-corrected chi connectivity index (χ0v) is 10.8. The van der Waals surface area contributed by atoms with Crippen LogP contribution in [0.3, 0.4) is 0 Å². The molecular formula is C11H18N2O3S. The summed E-state index contributed by atoms with van der Waals surface area (Å²) in [5, 5.41) is 9.14. The predicted octanol–water partition coefficient (Wildman–Crippen LogP) is 1.09. The van der Waals surface area contributed by atoms with Gasteiger partial charge in [-0.15, -0.1) is 0 Å². The van der Waals surface area contributed by atoms with Crippen molar-refractivity contribution in [3.05, 3.63) is 0 Å². The van der Waals surface area contributed by atoms with Crippen LogP contribution >= 0.6 is 11.8 Å². The van der Waals surface area contributed by atoms with E-state index in [9.17, 15) is 9.59 Å². The highest BCUT2D eigenvalue weighted by atomic mass is 32.2. The lowest BCUT2D eigenvalue weighted by Crippen LogP contribution is -2.55. The molecule has 1 N–H and O–H groups in total. The minimum atomic E-state index is -0.891. The second kappa shape index (κ2) is 5.16. The van der Waals surface area contributed by atoms with Crippen LogP contribution in [0.4, 0.5) is 4.79 Å². The monoisotopic (exact) mass is 258 g/mol. The van der Waals surface area contributed by atoms with Crippen LogP contribution in [-0.4, -0.2) is 63.6 Å². The third-order valence-corrected chi connectivity index (χ3v) is 4.26. The Morgan fingerprint density at radius 3 is 2.71 bits per heavy atom. The smallest absolute Gasteiger partial charge is 0.327 e. The largest absolute Gasteiger partial charge is 0.480 e. The van der Waals surface area contributed by atoms with Gasteiger partial charge in [-0.3, -0.25) is 0 Å². The van der Waals surface area contributed by atoms with E-state index >= 15 is 0 Å². The van der Waals surface area contributed by atoms with E-state index in [1.54, 1.807) is 11.8 Å². The molecule has 1 aliphatic heterocycles. The molecule has 0 aromatic rings. The van der Waals surface area contributed by atoms with Gasteiger partial charge in [0.1, 0.15) is 6.04 Å². The molecule has 1 heterocycles. The van der Waals surface area contributed by atoms with Gasteiger partial charge in [-0.1, -0.05) is 0 Å². The fraction of sp³-hybridized carbons (Fsp3) is 0.818. The molecule has 0 bridgehead atoms. The molecule has 2 fully saturated rings. The number of carboxylic acid groups (broad SMARTS) is 1. The molecule has 2 aliphatic rings. The van der Waals surface area contributed by atoms with Crippen molar-refractivity contribution >= 4 is 23.8 Å². The average Bonchev–Trinajstić information content (AvgIpc) is 3.14. The van der Waals surface area contributed by atoms with E-state index in [-0.39, 0.29) is 6.03 Å². The van der Waals surface area contributed by atoms with Crippen molar-refractivity contribution in [1.29, 1.82) is 0 Å². The second-order valence-corrected chi connectivity index (χ2v) is 5.57. The van der Waals surface area contributed by atoms with E-state index in [1.165, 1.54) is 4.90 Å². The standard InChI is InChI=1S/C11H18N2O3S/c1-2-12(8-3-4-8)11(16)13-5-6-17-7-9(13)10(14)15/h8-9H,2-7H2,1H3,(H,14,15). The van der Waals surface area contributed by atoms with Crippen molar-refractivity contribution < 1.29 is 14.7 Å². The van der Waals surface area contributed by atoms with Crippen molar-refractivity contribution in [2.24, 2.45) is 0 Å². The molecule has 2 amide bonds. The minimum absolute atomic E-state index is 0.0947. The number of carbonyl (C=O) groups excluding carboxylic acids is 1. The lowest BCUT2D eigenvalue weighted by Gasteiger charge is -2.36. The van der Waals surface area contributed by atoms with Crippen molar-refractivity contribution in [3.8, 4) is 0 Å².